The predicted molar refractivity (Wildman–Crippen MR) is 99.0 cm³/mol. The summed E-state index contributed by atoms with van der Waals surface area (Å²) in [7, 11) is -3.51. The fourth-order valence-corrected chi connectivity index (χ4v) is 4.43. The number of sulfonamides is 1. The molecule has 1 atom stereocenters. The number of carbonyl (C=O) groups is 1. The summed E-state index contributed by atoms with van der Waals surface area (Å²) in [5.74, 6) is -0.203. The van der Waals surface area contributed by atoms with E-state index >= 15 is 0 Å². The van der Waals surface area contributed by atoms with Gasteiger partial charge in [-0.25, -0.2) is 13.1 Å². The lowest BCUT2D eigenvalue weighted by molar-refractivity contribution is -0.117. The van der Waals surface area contributed by atoms with E-state index in [-0.39, 0.29) is 24.1 Å². The Kier molecular flexibility index (Phi) is 5.42. The lowest BCUT2D eigenvalue weighted by atomic mass is 10.1. The Bertz CT molecular complexity index is 856. The second-order valence-corrected chi connectivity index (χ2v) is 8.32. The molecule has 5 nitrogen and oxygen atoms in total. The zero-order chi connectivity index (χ0) is 17.9. The number of para-hydroxylation sites is 1. The summed E-state index contributed by atoms with van der Waals surface area (Å²) in [6.07, 6.45) is 0.337. The van der Waals surface area contributed by atoms with Gasteiger partial charge in [0.05, 0.1) is 5.75 Å². The number of nitrogens with zero attached hydrogens (tertiary/aromatic N) is 1. The van der Waals surface area contributed by atoms with Crippen molar-refractivity contribution in [2.45, 2.75) is 12.2 Å². The monoisotopic (exact) mass is 378 g/mol. The third-order valence-corrected chi connectivity index (χ3v) is 5.83. The quantitative estimate of drug-likeness (QED) is 0.840. The summed E-state index contributed by atoms with van der Waals surface area (Å²) in [5.41, 5.74) is 1.40. The topological polar surface area (TPSA) is 66.5 Å². The highest BCUT2D eigenvalue weighted by molar-refractivity contribution is 7.88. The second-order valence-electron chi connectivity index (χ2n) is 6.11. The van der Waals surface area contributed by atoms with Crippen LogP contribution >= 0.6 is 11.6 Å². The van der Waals surface area contributed by atoms with Crippen LogP contribution in [0.25, 0.3) is 0 Å². The molecule has 2 aromatic carbocycles. The predicted octanol–water partition coefficient (Wildman–Crippen LogP) is 2.81. The number of hydrogen-bond donors (Lipinski definition) is 1. The lowest BCUT2D eigenvalue weighted by Gasteiger charge is -2.17. The van der Waals surface area contributed by atoms with Gasteiger partial charge in [0.2, 0.25) is 15.9 Å². The van der Waals surface area contributed by atoms with Gasteiger partial charge < -0.3 is 4.90 Å². The minimum atomic E-state index is -3.51. The third kappa shape index (κ3) is 4.60. The van der Waals surface area contributed by atoms with Gasteiger partial charge in [-0.1, -0.05) is 48.0 Å². The number of benzene rings is 2. The van der Waals surface area contributed by atoms with Crippen molar-refractivity contribution in [3.05, 3.63) is 65.2 Å². The van der Waals surface area contributed by atoms with Crippen LogP contribution in [0.2, 0.25) is 5.02 Å². The SMILES string of the molecule is O=C1CC(CNS(=O)(=O)Cc2ccccc2Cl)CN1c1ccccc1. The van der Waals surface area contributed by atoms with E-state index in [1.54, 1.807) is 29.2 Å². The molecule has 0 aliphatic carbocycles. The van der Waals surface area contributed by atoms with Crippen LogP contribution in [0, 0.1) is 5.92 Å². The highest BCUT2D eigenvalue weighted by Gasteiger charge is 2.31. The maximum absolute atomic E-state index is 12.3. The highest BCUT2D eigenvalue weighted by Crippen LogP contribution is 2.24. The van der Waals surface area contributed by atoms with Gasteiger partial charge >= 0.3 is 0 Å². The first-order chi connectivity index (χ1) is 11.9. The molecule has 1 aliphatic rings. The summed E-state index contributed by atoms with van der Waals surface area (Å²) in [5, 5.41) is 0.430. The molecule has 7 heteroatoms. The molecule has 25 heavy (non-hydrogen) atoms. The second kappa shape index (κ2) is 7.56. The number of rotatable bonds is 6. The molecule has 0 radical (unpaired) electrons. The van der Waals surface area contributed by atoms with E-state index in [9.17, 15) is 13.2 Å². The molecule has 2 aromatic rings. The van der Waals surface area contributed by atoms with Crippen molar-refractivity contribution in [1.82, 2.24) is 4.72 Å². The van der Waals surface area contributed by atoms with E-state index in [2.05, 4.69) is 4.72 Å². The Hall–Kier alpha value is -1.89. The van der Waals surface area contributed by atoms with Crippen LogP contribution < -0.4 is 9.62 Å². The van der Waals surface area contributed by atoms with E-state index in [1.807, 2.05) is 30.3 Å². The standard InChI is InChI=1S/C18H19ClN2O3S/c19-17-9-5-4-6-15(17)13-25(23,24)20-11-14-10-18(22)21(12-14)16-7-2-1-3-8-16/h1-9,14,20H,10-13H2. The van der Waals surface area contributed by atoms with Crippen molar-refractivity contribution in [1.29, 1.82) is 0 Å². The molecule has 1 amide bonds. The van der Waals surface area contributed by atoms with Crippen LogP contribution in [0.5, 0.6) is 0 Å². The molecule has 0 aromatic heterocycles. The average Bonchev–Trinajstić information content (AvgIpc) is 2.97. The Morgan fingerprint density at radius 2 is 1.76 bits per heavy atom. The molecular formula is C18H19ClN2O3S. The van der Waals surface area contributed by atoms with E-state index in [0.29, 0.717) is 23.6 Å². The van der Waals surface area contributed by atoms with Gasteiger partial charge in [0, 0.05) is 30.2 Å². The summed E-state index contributed by atoms with van der Waals surface area (Å²) < 4.78 is 27.2. The minimum Gasteiger partial charge on any atom is -0.312 e. The molecule has 1 N–H and O–H groups in total. The Morgan fingerprint density at radius 3 is 2.48 bits per heavy atom. The Morgan fingerprint density at radius 1 is 1.08 bits per heavy atom. The summed E-state index contributed by atoms with van der Waals surface area (Å²) in [6, 6.07) is 16.3. The summed E-state index contributed by atoms with van der Waals surface area (Å²) in [6.45, 7) is 0.749. The Labute approximate surface area is 152 Å². The first kappa shape index (κ1) is 17.9. The smallest absolute Gasteiger partial charge is 0.227 e. The maximum atomic E-state index is 12.3. The molecule has 3 rings (SSSR count). The molecular weight excluding hydrogens is 360 g/mol. The fraction of sp³-hybridized carbons (Fsp3) is 0.278. The van der Waals surface area contributed by atoms with Crippen LogP contribution in [-0.2, 0) is 20.6 Å². The number of nitrogens with one attached hydrogen (secondary N) is 1. The number of carbonyl (C=O) groups excluding carboxylic acids is 1. The van der Waals surface area contributed by atoms with Crippen molar-refractivity contribution in [2.24, 2.45) is 5.92 Å². The van der Waals surface area contributed by atoms with Gasteiger partial charge in [-0.2, -0.15) is 0 Å². The molecule has 1 fully saturated rings. The van der Waals surface area contributed by atoms with Gasteiger partial charge in [-0.05, 0) is 29.7 Å². The first-order valence-electron chi connectivity index (χ1n) is 8.01. The molecule has 1 heterocycles. The first-order valence-corrected chi connectivity index (χ1v) is 10.0. The van der Waals surface area contributed by atoms with Gasteiger partial charge in [0.15, 0.2) is 0 Å². The Balaban J connectivity index is 1.58. The molecule has 0 saturated carbocycles. The van der Waals surface area contributed by atoms with Crippen LogP contribution in [0.15, 0.2) is 54.6 Å². The van der Waals surface area contributed by atoms with Crippen molar-refractivity contribution >= 4 is 33.2 Å². The average molecular weight is 379 g/mol. The number of amides is 1. The molecule has 132 valence electrons. The van der Waals surface area contributed by atoms with Gasteiger partial charge in [0.1, 0.15) is 0 Å². The van der Waals surface area contributed by atoms with E-state index in [1.165, 1.54) is 0 Å². The van der Waals surface area contributed by atoms with Gasteiger partial charge in [0.25, 0.3) is 0 Å². The van der Waals surface area contributed by atoms with Gasteiger partial charge in [-0.15, -0.1) is 0 Å². The maximum Gasteiger partial charge on any atom is 0.227 e. The van der Waals surface area contributed by atoms with E-state index in [4.69, 9.17) is 11.6 Å². The molecule has 0 bridgehead atoms. The van der Waals surface area contributed by atoms with Crippen LogP contribution in [0.3, 0.4) is 0 Å². The van der Waals surface area contributed by atoms with Crippen LogP contribution in [0.4, 0.5) is 5.69 Å². The van der Waals surface area contributed by atoms with E-state index < -0.39 is 10.0 Å². The van der Waals surface area contributed by atoms with Crippen LogP contribution in [-0.4, -0.2) is 27.4 Å². The molecule has 1 saturated heterocycles. The van der Waals surface area contributed by atoms with Crippen molar-refractivity contribution in [3.63, 3.8) is 0 Å². The summed E-state index contributed by atoms with van der Waals surface area (Å²) >= 11 is 6.02. The number of anilines is 1. The minimum absolute atomic E-state index is 0.0153. The van der Waals surface area contributed by atoms with Crippen molar-refractivity contribution in [3.8, 4) is 0 Å². The molecule has 1 aliphatic heterocycles. The number of halogens is 1. The van der Waals surface area contributed by atoms with Crippen molar-refractivity contribution < 1.29 is 13.2 Å². The third-order valence-electron chi connectivity index (χ3n) is 4.17. The zero-order valence-corrected chi connectivity index (χ0v) is 15.1. The largest absolute Gasteiger partial charge is 0.312 e. The fourth-order valence-electron chi connectivity index (χ4n) is 2.89. The van der Waals surface area contributed by atoms with Crippen molar-refractivity contribution in [2.75, 3.05) is 18.0 Å². The van der Waals surface area contributed by atoms with Crippen LogP contribution in [0.1, 0.15) is 12.0 Å². The summed E-state index contributed by atoms with van der Waals surface area (Å²) in [4.78, 5) is 13.9. The normalized spacial score (nSPS) is 17.9. The molecule has 1 unspecified atom stereocenters. The lowest BCUT2D eigenvalue weighted by Crippen LogP contribution is -2.32. The number of hydrogen-bond acceptors (Lipinski definition) is 3. The zero-order valence-electron chi connectivity index (χ0n) is 13.6. The van der Waals surface area contributed by atoms with Gasteiger partial charge in [-0.3, -0.25) is 4.79 Å². The molecule has 0 spiro atoms. The van der Waals surface area contributed by atoms with E-state index in [0.717, 1.165) is 5.69 Å². The highest BCUT2D eigenvalue weighted by atomic mass is 35.5.